The van der Waals surface area contributed by atoms with E-state index in [2.05, 4.69) is 10.2 Å². The summed E-state index contributed by atoms with van der Waals surface area (Å²) in [7, 11) is 0. The third-order valence-corrected chi connectivity index (χ3v) is 3.17. The predicted molar refractivity (Wildman–Crippen MR) is 50.2 cm³/mol. The summed E-state index contributed by atoms with van der Waals surface area (Å²) in [6.45, 7) is 4.54. The van der Waals surface area contributed by atoms with Crippen molar-refractivity contribution in [3.8, 4) is 0 Å². The number of likely N-dealkylation sites (tertiary alicyclic amines) is 1. The Bertz CT molecular complexity index is 187. The molecule has 3 heteroatoms. The number of nitrogens with zero attached hydrogens (tertiary/aromatic N) is 1. The van der Waals surface area contributed by atoms with Crippen LogP contribution < -0.4 is 5.32 Å². The van der Waals surface area contributed by atoms with Crippen molar-refractivity contribution in [3.63, 3.8) is 0 Å². The Labute approximate surface area is 79.5 Å². The Morgan fingerprint density at radius 3 is 3.00 bits per heavy atom. The molecule has 2 saturated heterocycles. The second-order valence-electron chi connectivity index (χ2n) is 4.26. The highest BCUT2D eigenvalue weighted by atomic mass is 16.2. The van der Waals surface area contributed by atoms with E-state index in [-0.39, 0.29) is 0 Å². The van der Waals surface area contributed by atoms with E-state index in [1.807, 2.05) is 0 Å². The molecule has 2 rings (SSSR count). The van der Waals surface area contributed by atoms with Crippen molar-refractivity contribution in [3.05, 3.63) is 0 Å². The Hall–Kier alpha value is -0.570. The first-order valence-corrected chi connectivity index (χ1v) is 5.45. The fourth-order valence-corrected chi connectivity index (χ4v) is 2.40. The summed E-state index contributed by atoms with van der Waals surface area (Å²) < 4.78 is 0. The Kier molecular flexibility index (Phi) is 2.83. The molecule has 0 unspecified atom stereocenters. The quantitative estimate of drug-likeness (QED) is 0.620. The standard InChI is InChI=1S/C10H18N2O/c13-10-4-2-6-12(10)8-9-3-1-5-11-7-9/h9,11H,1-8H2/p+1/t9-/m1/s1. The number of nitrogens with two attached hydrogens (primary N) is 1. The topological polar surface area (TPSA) is 36.9 Å². The van der Waals surface area contributed by atoms with E-state index in [1.165, 1.54) is 25.9 Å². The second-order valence-corrected chi connectivity index (χ2v) is 4.26. The average molecular weight is 183 g/mol. The largest absolute Gasteiger partial charge is 0.346 e. The van der Waals surface area contributed by atoms with Crippen LogP contribution in [0.1, 0.15) is 25.7 Å². The van der Waals surface area contributed by atoms with Crippen LogP contribution in [0, 0.1) is 5.92 Å². The minimum atomic E-state index is 0.380. The van der Waals surface area contributed by atoms with Crippen molar-refractivity contribution < 1.29 is 10.1 Å². The smallest absolute Gasteiger partial charge is 0.222 e. The molecule has 1 atom stereocenters. The molecule has 2 N–H and O–H groups in total. The number of carbonyl (C=O) groups is 1. The number of rotatable bonds is 2. The lowest BCUT2D eigenvalue weighted by atomic mass is 9.99. The van der Waals surface area contributed by atoms with Gasteiger partial charge < -0.3 is 10.2 Å². The van der Waals surface area contributed by atoms with Gasteiger partial charge in [-0.25, -0.2) is 0 Å². The van der Waals surface area contributed by atoms with Crippen molar-refractivity contribution in [1.82, 2.24) is 4.90 Å². The minimum Gasteiger partial charge on any atom is -0.346 e. The third kappa shape index (κ3) is 2.21. The molecule has 0 aliphatic carbocycles. The van der Waals surface area contributed by atoms with E-state index in [0.717, 1.165) is 31.8 Å². The molecule has 2 aliphatic rings. The number of quaternary nitrogens is 1. The minimum absolute atomic E-state index is 0.380. The molecule has 0 radical (unpaired) electrons. The maximum atomic E-state index is 11.4. The molecule has 0 aromatic heterocycles. The van der Waals surface area contributed by atoms with E-state index in [1.54, 1.807) is 0 Å². The van der Waals surface area contributed by atoms with Gasteiger partial charge in [0, 0.05) is 25.4 Å². The highest BCUT2D eigenvalue weighted by Gasteiger charge is 2.25. The van der Waals surface area contributed by atoms with Crippen molar-refractivity contribution in [1.29, 1.82) is 0 Å². The molecule has 2 heterocycles. The van der Waals surface area contributed by atoms with Crippen LogP contribution in [0.5, 0.6) is 0 Å². The predicted octanol–water partition coefficient (Wildman–Crippen LogP) is -0.418. The first-order chi connectivity index (χ1) is 6.36. The van der Waals surface area contributed by atoms with Crippen molar-refractivity contribution in [2.75, 3.05) is 26.2 Å². The molecule has 3 nitrogen and oxygen atoms in total. The molecular weight excluding hydrogens is 164 g/mol. The van der Waals surface area contributed by atoms with Gasteiger partial charge in [-0.2, -0.15) is 0 Å². The zero-order chi connectivity index (χ0) is 9.10. The van der Waals surface area contributed by atoms with Crippen molar-refractivity contribution in [2.45, 2.75) is 25.7 Å². The molecular formula is C10H19N2O+. The summed E-state index contributed by atoms with van der Waals surface area (Å²) in [5.74, 6) is 1.14. The van der Waals surface area contributed by atoms with Crippen LogP contribution in [0.4, 0.5) is 0 Å². The first-order valence-electron chi connectivity index (χ1n) is 5.45. The summed E-state index contributed by atoms with van der Waals surface area (Å²) in [5, 5.41) is 2.38. The lowest BCUT2D eigenvalue weighted by Crippen LogP contribution is -2.87. The van der Waals surface area contributed by atoms with Crippen LogP contribution in [0.25, 0.3) is 0 Å². The van der Waals surface area contributed by atoms with Gasteiger partial charge in [0.05, 0.1) is 13.1 Å². The highest BCUT2D eigenvalue weighted by molar-refractivity contribution is 5.78. The monoisotopic (exact) mass is 183 g/mol. The molecule has 0 spiro atoms. The van der Waals surface area contributed by atoms with E-state index in [9.17, 15) is 4.79 Å². The Morgan fingerprint density at radius 1 is 1.46 bits per heavy atom. The van der Waals surface area contributed by atoms with Gasteiger partial charge in [-0.15, -0.1) is 0 Å². The fraction of sp³-hybridized carbons (Fsp3) is 0.900. The van der Waals surface area contributed by atoms with Gasteiger partial charge in [0.2, 0.25) is 5.91 Å². The fourth-order valence-electron chi connectivity index (χ4n) is 2.40. The molecule has 1 amide bonds. The molecule has 13 heavy (non-hydrogen) atoms. The van der Waals surface area contributed by atoms with E-state index in [0.29, 0.717) is 5.91 Å². The Morgan fingerprint density at radius 2 is 2.38 bits per heavy atom. The molecule has 74 valence electrons. The number of hydrogen-bond donors (Lipinski definition) is 1. The van der Waals surface area contributed by atoms with E-state index in [4.69, 9.17) is 0 Å². The normalized spacial score (nSPS) is 29.7. The lowest BCUT2D eigenvalue weighted by Gasteiger charge is -2.25. The summed E-state index contributed by atoms with van der Waals surface area (Å²) in [5.41, 5.74) is 0. The molecule has 0 bridgehead atoms. The summed E-state index contributed by atoms with van der Waals surface area (Å²) in [6, 6.07) is 0. The molecule has 2 fully saturated rings. The zero-order valence-corrected chi connectivity index (χ0v) is 8.17. The number of amides is 1. The lowest BCUT2D eigenvalue weighted by molar-refractivity contribution is -0.668. The molecule has 0 aromatic rings. The highest BCUT2D eigenvalue weighted by Crippen LogP contribution is 2.15. The number of carbonyl (C=O) groups excluding carboxylic acids is 1. The van der Waals surface area contributed by atoms with E-state index < -0.39 is 0 Å². The van der Waals surface area contributed by atoms with Crippen LogP contribution in [0.3, 0.4) is 0 Å². The SMILES string of the molecule is O=C1CCCN1C[C@@H]1CCC[NH2+]C1. The first kappa shape index (κ1) is 9.00. The van der Waals surface area contributed by atoms with E-state index >= 15 is 0 Å². The summed E-state index contributed by atoms with van der Waals surface area (Å²) in [6.07, 6.45) is 4.51. The molecule has 0 aromatic carbocycles. The average Bonchev–Trinajstić information content (AvgIpc) is 2.54. The van der Waals surface area contributed by atoms with Gasteiger partial charge in [-0.05, 0) is 19.3 Å². The van der Waals surface area contributed by atoms with Gasteiger partial charge in [-0.3, -0.25) is 4.79 Å². The third-order valence-electron chi connectivity index (χ3n) is 3.17. The van der Waals surface area contributed by atoms with Gasteiger partial charge in [0.1, 0.15) is 0 Å². The molecule has 0 saturated carbocycles. The van der Waals surface area contributed by atoms with Gasteiger partial charge in [-0.1, -0.05) is 0 Å². The van der Waals surface area contributed by atoms with Gasteiger partial charge in [0.15, 0.2) is 0 Å². The number of piperidine rings is 1. The zero-order valence-electron chi connectivity index (χ0n) is 8.17. The second kappa shape index (κ2) is 4.09. The van der Waals surface area contributed by atoms with Crippen LogP contribution in [0.15, 0.2) is 0 Å². The maximum absolute atomic E-state index is 11.4. The van der Waals surface area contributed by atoms with Gasteiger partial charge >= 0.3 is 0 Å². The van der Waals surface area contributed by atoms with Gasteiger partial charge in [0.25, 0.3) is 0 Å². The summed E-state index contributed by atoms with van der Waals surface area (Å²) >= 11 is 0. The molecule has 2 aliphatic heterocycles. The van der Waals surface area contributed by atoms with Crippen LogP contribution >= 0.6 is 0 Å². The Balaban J connectivity index is 1.79. The van der Waals surface area contributed by atoms with Crippen LogP contribution in [-0.2, 0) is 4.79 Å². The number of hydrogen-bond acceptors (Lipinski definition) is 1. The van der Waals surface area contributed by atoms with Crippen LogP contribution in [-0.4, -0.2) is 37.0 Å². The van der Waals surface area contributed by atoms with Crippen molar-refractivity contribution >= 4 is 5.91 Å². The summed E-state index contributed by atoms with van der Waals surface area (Å²) in [4.78, 5) is 13.4. The van der Waals surface area contributed by atoms with Crippen LogP contribution in [0.2, 0.25) is 0 Å². The van der Waals surface area contributed by atoms with Crippen molar-refractivity contribution in [2.24, 2.45) is 5.92 Å². The maximum Gasteiger partial charge on any atom is 0.222 e.